The van der Waals surface area contributed by atoms with E-state index in [-0.39, 0.29) is 12.8 Å². The number of alkyl halides is 3. The van der Waals surface area contributed by atoms with E-state index in [9.17, 15) is 18.0 Å². The van der Waals surface area contributed by atoms with Crippen molar-refractivity contribution in [1.29, 1.82) is 0 Å². The molecule has 17 heavy (non-hydrogen) atoms. The van der Waals surface area contributed by atoms with Gasteiger partial charge in [0.15, 0.2) is 0 Å². The first-order valence-corrected chi connectivity index (χ1v) is 5.23. The Morgan fingerprint density at radius 3 is 2.71 bits per heavy atom. The Hall–Kier alpha value is -1.72. The number of nitrogens with one attached hydrogen (secondary N) is 1. The van der Waals surface area contributed by atoms with Crippen molar-refractivity contribution in [1.82, 2.24) is 0 Å². The molecule has 0 aromatic heterocycles. The van der Waals surface area contributed by atoms with E-state index in [1.165, 1.54) is 6.07 Å². The number of halogens is 3. The standard InChI is InChI=1S/C11H9F3N2O/c12-11(13,14)10-6-5-9(17)16(10)8-4-2-1-3-7(8)15-10/h1-4,15H,5-6H2. The second-order valence-corrected chi connectivity index (χ2v) is 4.23. The highest BCUT2D eigenvalue weighted by Gasteiger charge is 2.66. The first-order valence-electron chi connectivity index (χ1n) is 5.23. The van der Waals surface area contributed by atoms with Crippen molar-refractivity contribution in [3.8, 4) is 0 Å². The summed E-state index contributed by atoms with van der Waals surface area (Å²) in [6, 6.07) is 6.34. The molecule has 0 aliphatic carbocycles. The summed E-state index contributed by atoms with van der Waals surface area (Å²) in [4.78, 5) is 12.5. The molecule has 0 bridgehead atoms. The van der Waals surface area contributed by atoms with E-state index < -0.39 is 17.7 Å². The number of benzene rings is 1. The van der Waals surface area contributed by atoms with Crippen LogP contribution in [-0.2, 0) is 4.79 Å². The molecule has 90 valence electrons. The fourth-order valence-corrected chi connectivity index (χ4v) is 2.52. The number of para-hydroxylation sites is 2. The molecule has 2 aliphatic heterocycles. The summed E-state index contributed by atoms with van der Waals surface area (Å²) >= 11 is 0. The van der Waals surface area contributed by atoms with Gasteiger partial charge in [0.1, 0.15) is 0 Å². The van der Waals surface area contributed by atoms with Crippen LogP contribution in [-0.4, -0.2) is 17.7 Å². The molecule has 2 aliphatic rings. The average Bonchev–Trinajstić information content (AvgIpc) is 2.75. The molecule has 0 saturated carbocycles. The van der Waals surface area contributed by atoms with Gasteiger partial charge in [-0.1, -0.05) is 12.1 Å². The molecule has 1 atom stereocenters. The molecule has 1 aromatic rings. The van der Waals surface area contributed by atoms with Gasteiger partial charge in [-0.25, -0.2) is 0 Å². The van der Waals surface area contributed by atoms with Gasteiger partial charge < -0.3 is 5.32 Å². The summed E-state index contributed by atoms with van der Waals surface area (Å²) in [6.07, 6.45) is -4.82. The summed E-state index contributed by atoms with van der Waals surface area (Å²) in [6.45, 7) is 0. The van der Waals surface area contributed by atoms with Crippen LogP contribution in [0.2, 0.25) is 0 Å². The normalized spacial score (nSPS) is 26.8. The highest BCUT2D eigenvalue weighted by atomic mass is 19.4. The Bertz CT molecular complexity index is 500. The maximum absolute atomic E-state index is 13.2. The minimum atomic E-state index is -4.49. The fraction of sp³-hybridized carbons (Fsp3) is 0.364. The van der Waals surface area contributed by atoms with E-state index >= 15 is 0 Å². The number of carbonyl (C=O) groups is 1. The third kappa shape index (κ3) is 1.15. The van der Waals surface area contributed by atoms with Crippen molar-refractivity contribution in [2.24, 2.45) is 0 Å². The fourth-order valence-electron chi connectivity index (χ4n) is 2.52. The molecule has 0 spiro atoms. The number of anilines is 2. The molecule has 1 aromatic carbocycles. The zero-order chi connectivity index (χ0) is 12.3. The summed E-state index contributed by atoms with van der Waals surface area (Å²) in [5.74, 6) is -0.486. The van der Waals surface area contributed by atoms with E-state index in [1.54, 1.807) is 18.2 Å². The van der Waals surface area contributed by atoms with Crippen LogP contribution >= 0.6 is 0 Å². The lowest BCUT2D eigenvalue weighted by molar-refractivity contribution is -0.175. The minimum Gasteiger partial charge on any atom is -0.353 e. The lowest BCUT2D eigenvalue weighted by Gasteiger charge is -2.34. The number of amides is 1. The van der Waals surface area contributed by atoms with Crippen molar-refractivity contribution >= 4 is 17.3 Å². The van der Waals surface area contributed by atoms with Crippen LogP contribution in [0.3, 0.4) is 0 Å². The van der Waals surface area contributed by atoms with E-state index in [2.05, 4.69) is 5.32 Å². The molecule has 1 saturated heterocycles. The monoisotopic (exact) mass is 242 g/mol. The summed E-state index contributed by atoms with van der Waals surface area (Å²) in [5, 5.41) is 2.46. The van der Waals surface area contributed by atoms with Crippen LogP contribution in [0.25, 0.3) is 0 Å². The number of hydrogen-bond acceptors (Lipinski definition) is 2. The lowest BCUT2D eigenvalue weighted by atomic mass is 10.1. The minimum absolute atomic E-state index is 0.0825. The van der Waals surface area contributed by atoms with Crippen LogP contribution in [0.5, 0.6) is 0 Å². The molecular formula is C11H9F3N2O. The van der Waals surface area contributed by atoms with E-state index in [0.29, 0.717) is 11.4 Å². The van der Waals surface area contributed by atoms with Gasteiger partial charge in [-0.15, -0.1) is 0 Å². The average molecular weight is 242 g/mol. The van der Waals surface area contributed by atoms with Gasteiger partial charge in [-0.2, -0.15) is 13.2 Å². The molecule has 1 fully saturated rings. The van der Waals surface area contributed by atoms with Gasteiger partial charge in [0.25, 0.3) is 0 Å². The van der Waals surface area contributed by atoms with E-state index in [4.69, 9.17) is 0 Å². The van der Waals surface area contributed by atoms with Crippen molar-refractivity contribution < 1.29 is 18.0 Å². The lowest BCUT2D eigenvalue weighted by Crippen LogP contribution is -2.58. The third-order valence-electron chi connectivity index (χ3n) is 3.29. The molecule has 3 rings (SSSR count). The van der Waals surface area contributed by atoms with Crippen molar-refractivity contribution in [3.05, 3.63) is 24.3 Å². The second kappa shape index (κ2) is 2.94. The van der Waals surface area contributed by atoms with Gasteiger partial charge in [0.2, 0.25) is 11.6 Å². The number of carbonyl (C=O) groups excluding carboxylic acids is 1. The maximum atomic E-state index is 13.2. The van der Waals surface area contributed by atoms with Gasteiger partial charge in [-0.05, 0) is 12.1 Å². The number of hydrogen-bond donors (Lipinski definition) is 1. The van der Waals surface area contributed by atoms with Crippen LogP contribution in [0, 0.1) is 0 Å². The summed E-state index contributed by atoms with van der Waals surface area (Å²) < 4.78 is 39.6. The number of rotatable bonds is 0. The molecule has 1 N–H and O–H groups in total. The number of nitrogens with zero attached hydrogens (tertiary/aromatic N) is 1. The topological polar surface area (TPSA) is 32.3 Å². The molecular weight excluding hydrogens is 233 g/mol. The second-order valence-electron chi connectivity index (χ2n) is 4.23. The Labute approximate surface area is 95.2 Å². The van der Waals surface area contributed by atoms with Gasteiger partial charge in [-0.3, -0.25) is 9.69 Å². The third-order valence-corrected chi connectivity index (χ3v) is 3.29. The van der Waals surface area contributed by atoms with Gasteiger partial charge in [0, 0.05) is 12.8 Å². The highest BCUT2D eigenvalue weighted by Crippen LogP contribution is 2.52. The van der Waals surface area contributed by atoms with Crippen LogP contribution in [0.15, 0.2) is 24.3 Å². The van der Waals surface area contributed by atoms with Crippen LogP contribution < -0.4 is 10.2 Å². The van der Waals surface area contributed by atoms with Gasteiger partial charge in [0.05, 0.1) is 11.4 Å². The molecule has 1 unspecified atom stereocenters. The number of fused-ring (bicyclic) bond motifs is 3. The van der Waals surface area contributed by atoms with Crippen molar-refractivity contribution in [2.45, 2.75) is 24.7 Å². The zero-order valence-corrected chi connectivity index (χ0v) is 8.71. The predicted molar refractivity (Wildman–Crippen MR) is 55.6 cm³/mol. The Kier molecular flexibility index (Phi) is 1.80. The Balaban J connectivity index is 2.18. The van der Waals surface area contributed by atoms with E-state index in [1.807, 2.05) is 0 Å². The predicted octanol–water partition coefficient (Wildman–Crippen LogP) is 2.50. The van der Waals surface area contributed by atoms with Crippen LogP contribution in [0.1, 0.15) is 12.8 Å². The molecule has 2 heterocycles. The first kappa shape index (κ1) is 10.4. The summed E-state index contributed by atoms with van der Waals surface area (Å²) in [5.41, 5.74) is -1.57. The SMILES string of the molecule is O=C1CCC2(C(F)(F)F)Nc3ccccc3N12. The molecule has 6 heteroatoms. The first-order chi connectivity index (χ1) is 7.96. The largest absolute Gasteiger partial charge is 0.430 e. The quantitative estimate of drug-likeness (QED) is 0.758. The van der Waals surface area contributed by atoms with Crippen molar-refractivity contribution in [3.63, 3.8) is 0 Å². The van der Waals surface area contributed by atoms with Crippen molar-refractivity contribution in [2.75, 3.05) is 10.2 Å². The zero-order valence-electron chi connectivity index (χ0n) is 8.71. The molecule has 1 amide bonds. The summed E-state index contributed by atoms with van der Waals surface area (Å²) in [7, 11) is 0. The Morgan fingerprint density at radius 1 is 1.29 bits per heavy atom. The van der Waals surface area contributed by atoms with Crippen LogP contribution in [0.4, 0.5) is 24.5 Å². The Morgan fingerprint density at radius 2 is 2.00 bits per heavy atom. The molecule has 3 nitrogen and oxygen atoms in total. The highest BCUT2D eigenvalue weighted by molar-refractivity contribution is 6.04. The smallest absolute Gasteiger partial charge is 0.353 e. The van der Waals surface area contributed by atoms with E-state index in [0.717, 1.165) is 4.90 Å². The maximum Gasteiger partial charge on any atom is 0.430 e. The molecule has 0 radical (unpaired) electrons. The van der Waals surface area contributed by atoms with Gasteiger partial charge >= 0.3 is 6.18 Å².